The molecule has 0 unspecified atom stereocenters. The van der Waals surface area contributed by atoms with Crippen LogP contribution in [0.3, 0.4) is 0 Å². The molecule has 0 bridgehead atoms. The Bertz CT molecular complexity index is 1430. The highest BCUT2D eigenvalue weighted by molar-refractivity contribution is 7.92. The number of hydrogen-bond donors (Lipinski definition) is 2. The van der Waals surface area contributed by atoms with Crippen LogP contribution in [0.15, 0.2) is 71.6 Å². The lowest BCUT2D eigenvalue weighted by Gasteiger charge is -2.24. The number of carbonyl (C=O) groups is 1. The van der Waals surface area contributed by atoms with Crippen LogP contribution in [0.2, 0.25) is 5.02 Å². The summed E-state index contributed by atoms with van der Waals surface area (Å²) in [5, 5.41) is 2.78. The molecule has 0 atom stereocenters. The second kappa shape index (κ2) is 10.5. The van der Waals surface area contributed by atoms with Gasteiger partial charge in [-0.2, -0.15) is 0 Å². The normalized spacial score (nSPS) is 11.5. The first-order chi connectivity index (χ1) is 16.4. The van der Waals surface area contributed by atoms with Gasteiger partial charge in [-0.15, -0.1) is 0 Å². The fourth-order valence-electron chi connectivity index (χ4n) is 3.02. The van der Waals surface area contributed by atoms with Gasteiger partial charge in [0.2, 0.25) is 15.9 Å². The van der Waals surface area contributed by atoms with Crippen LogP contribution in [0.1, 0.15) is 0 Å². The monoisotopic (exact) mass is 541 g/mol. The summed E-state index contributed by atoms with van der Waals surface area (Å²) < 4.78 is 71.2. The number of halogens is 2. The molecule has 1 amide bonds. The Labute approximate surface area is 207 Å². The Balaban J connectivity index is 1.75. The van der Waals surface area contributed by atoms with Crippen LogP contribution in [0.4, 0.5) is 21.5 Å². The number of methoxy groups -OCH3 is 1. The largest absolute Gasteiger partial charge is 0.495 e. The predicted molar refractivity (Wildman–Crippen MR) is 132 cm³/mol. The van der Waals surface area contributed by atoms with E-state index in [-0.39, 0.29) is 32.7 Å². The maximum atomic E-state index is 13.0. The van der Waals surface area contributed by atoms with E-state index in [9.17, 15) is 26.0 Å². The molecule has 13 heteroatoms. The molecule has 0 aliphatic rings. The van der Waals surface area contributed by atoms with Gasteiger partial charge in [-0.3, -0.25) is 13.8 Å². The molecule has 0 saturated heterocycles. The van der Waals surface area contributed by atoms with E-state index in [4.69, 9.17) is 16.3 Å². The van der Waals surface area contributed by atoms with Crippen LogP contribution in [-0.4, -0.2) is 42.7 Å². The molecule has 0 aliphatic heterocycles. The number of sulfonamides is 2. The summed E-state index contributed by atoms with van der Waals surface area (Å²) in [6.07, 6.45) is 0.939. The van der Waals surface area contributed by atoms with Crippen molar-refractivity contribution in [3.05, 3.63) is 77.6 Å². The number of amides is 1. The van der Waals surface area contributed by atoms with Gasteiger partial charge in [-0.1, -0.05) is 11.6 Å². The first-order valence-electron chi connectivity index (χ1n) is 9.88. The molecule has 3 aromatic rings. The third kappa shape index (κ3) is 6.84. The molecule has 9 nitrogen and oxygen atoms in total. The maximum absolute atomic E-state index is 13.0. The lowest BCUT2D eigenvalue weighted by atomic mass is 10.3. The van der Waals surface area contributed by atoms with Gasteiger partial charge in [0.15, 0.2) is 0 Å². The summed E-state index contributed by atoms with van der Waals surface area (Å²) in [4.78, 5) is 12.5. The Morgan fingerprint density at radius 2 is 1.57 bits per heavy atom. The number of benzene rings is 3. The highest BCUT2D eigenvalue weighted by Crippen LogP contribution is 2.32. The Morgan fingerprint density at radius 1 is 0.971 bits per heavy atom. The SMILES string of the molecule is COc1ccc(Cl)cc1N(CC(=O)Nc1ccc(S(=O)(=O)Nc2ccc(F)cc2)cc1)S(C)(=O)=O. The lowest BCUT2D eigenvalue weighted by Crippen LogP contribution is -2.37. The molecule has 0 fully saturated rings. The molecule has 0 radical (unpaired) electrons. The minimum Gasteiger partial charge on any atom is -0.495 e. The number of rotatable bonds is 9. The predicted octanol–water partition coefficient (Wildman–Crippen LogP) is 3.69. The quantitative estimate of drug-likeness (QED) is 0.426. The van der Waals surface area contributed by atoms with Crippen molar-refractivity contribution in [3.63, 3.8) is 0 Å². The average molecular weight is 542 g/mol. The summed E-state index contributed by atoms with van der Waals surface area (Å²) in [5.74, 6) is -0.982. The van der Waals surface area contributed by atoms with Gasteiger partial charge >= 0.3 is 0 Å². The fraction of sp³-hybridized carbons (Fsp3) is 0.136. The standard InChI is InChI=1S/C22H21ClFN3O6S2/c1-33-21-12-3-15(23)13-20(21)27(34(2,29)30)14-22(28)25-17-8-10-19(11-9-17)35(31,32)26-18-6-4-16(24)5-7-18/h3-13,26H,14H2,1-2H3,(H,25,28). The first kappa shape index (κ1) is 26.3. The molecule has 35 heavy (non-hydrogen) atoms. The molecular weight excluding hydrogens is 521 g/mol. The minimum absolute atomic E-state index is 0.0889. The van der Waals surface area contributed by atoms with E-state index in [1.807, 2.05) is 0 Å². The second-order valence-electron chi connectivity index (χ2n) is 7.27. The molecule has 0 spiro atoms. The van der Waals surface area contributed by atoms with Crippen LogP contribution in [-0.2, 0) is 24.8 Å². The van der Waals surface area contributed by atoms with E-state index in [0.29, 0.717) is 0 Å². The molecule has 0 aliphatic carbocycles. The molecule has 0 aromatic heterocycles. The van der Waals surface area contributed by atoms with E-state index in [0.717, 1.165) is 22.7 Å². The molecule has 2 N–H and O–H groups in total. The topological polar surface area (TPSA) is 122 Å². The third-order valence-corrected chi connectivity index (χ3v) is 7.40. The number of ether oxygens (including phenoxy) is 1. The van der Waals surface area contributed by atoms with Crippen molar-refractivity contribution in [2.45, 2.75) is 4.90 Å². The first-order valence-corrected chi connectivity index (χ1v) is 13.6. The zero-order valence-corrected chi connectivity index (χ0v) is 20.9. The van der Waals surface area contributed by atoms with Crippen molar-refractivity contribution < 1.29 is 30.8 Å². The van der Waals surface area contributed by atoms with Crippen molar-refractivity contribution in [2.75, 3.05) is 34.3 Å². The lowest BCUT2D eigenvalue weighted by molar-refractivity contribution is -0.114. The third-order valence-electron chi connectivity index (χ3n) is 4.64. The van der Waals surface area contributed by atoms with Crippen molar-refractivity contribution in [1.82, 2.24) is 0 Å². The summed E-state index contributed by atoms with van der Waals surface area (Å²) in [6, 6.07) is 14.4. The van der Waals surface area contributed by atoms with E-state index in [1.54, 1.807) is 0 Å². The average Bonchev–Trinajstić information content (AvgIpc) is 2.78. The number of carbonyl (C=O) groups excluding carboxylic acids is 1. The minimum atomic E-state index is -3.96. The summed E-state index contributed by atoms with van der Waals surface area (Å²) in [5.41, 5.74) is 0.509. The van der Waals surface area contributed by atoms with Crippen molar-refractivity contribution in [1.29, 1.82) is 0 Å². The molecule has 0 heterocycles. The van der Waals surface area contributed by atoms with E-state index in [2.05, 4.69) is 10.0 Å². The van der Waals surface area contributed by atoms with Crippen molar-refractivity contribution >= 4 is 54.6 Å². The molecule has 186 valence electrons. The smallest absolute Gasteiger partial charge is 0.261 e. The summed E-state index contributed by atoms with van der Waals surface area (Å²) in [6.45, 7) is -0.582. The Kier molecular flexibility index (Phi) is 7.88. The Hall–Kier alpha value is -3.35. The van der Waals surface area contributed by atoms with Gasteiger partial charge in [0.1, 0.15) is 18.1 Å². The van der Waals surface area contributed by atoms with Gasteiger partial charge < -0.3 is 10.1 Å². The van der Waals surface area contributed by atoms with Crippen LogP contribution < -0.4 is 19.1 Å². The Morgan fingerprint density at radius 3 is 2.14 bits per heavy atom. The molecule has 0 saturated carbocycles. The highest BCUT2D eigenvalue weighted by Gasteiger charge is 2.24. The second-order valence-corrected chi connectivity index (χ2v) is 11.3. The van der Waals surface area contributed by atoms with Gasteiger partial charge in [0, 0.05) is 16.4 Å². The number of nitrogens with zero attached hydrogens (tertiary/aromatic N) is 1. The maximum Gasteiger partial charge on any atom is 0.261 e. The van der Waals surface area contributed by atoms with Crippen LogP contribution in [0, 0.1) is 5.82 Å². The highest BCUT2D eigenvalue weighted by atomic mass is 35.5. The summed E-state index contributed by atoms with van der Waals surface area (Å²) >= 11 is 6.00. The summed E-state index contributed by atoms with van der Waals surface area (Å²) in [7, 11) is -6.49. The van der Waals surface area contributed by atoms with E-state index >= 15 is 0 Å². The van der Waals surface area contributed by atoms with Crippen molar-refractivity contribution in [2.24, 2.45) is 0 Å². The molecule has 3 aromatic carbocycles. The zero-order chi connectivity index (χ0) is 25.8. The van der Waals surface area contributed by atoms with E-state index < -0.39 is 38.3 Å². The number of hydrogen-bond acceptors (Lipinski definition) is 6. The number of anilines is 3. The van der Waals surface area contributed by atoms with Gasteiger partial charge in [-0.05, 0) is 66.7 Å². The van der Waals surface area contributed by atoms with Crippen LogP contribution in [0.25, 0.3) is 0 Å². The number of nitrogens with one attached hydrogen (secondary N) is 2. The van der Waals surface area contributed by atoms with Crippen LogP contribution in [0.5, 0.6) is 5.75 Å². The van der Waals surface area contributed by atoms with E-state index in [1.165, 1.54) is 61.7 Å². The van der Waals surface area contributed by atoms with Gasteiger partial charge in [0.25, 0.3) is 10.0 Å². The zero-order valence-electron chi connectivity index (χ0n) is 18.5. The van der Waals surface area contributed by atoms with Gasteiger partial charge in [-0.25, -0.2) is 21.2 Å². The molecular formula is C22H21ClFN3O6S2. The fourth-order valence-corrected chi connectivity index (χ4v) is 5.10. The molecule has 3 rings (SSSR count). The van der Waals surface area contributed by atoms with Crippen molar-refractivity contribution in [3.8, 4) is 5.75 Å². The van der Waals surface area contributed by atoms with Crippen LogP contribution >= 0.6 is 11.6 Å². The van der Waals surface area contributed by atoms with Gasteiger partial charge in [0.05, 0.1) is 23.9 Å².